The number of fused-ring (bicyclic) bond motifs is 1. The number of carbonyl (C=O) groups excluding carboxylic acids is 4. The summed E-state index contributed by atoms with van der Waals surface area (Å²) < 4.78 is 16.2. The molecule has 12 nitrogen and oxygen atoms in total. The van der Waals surface area contributed by atoms with Crippen LogP contribution in [-0.4, -0.2) is 74.1 Å². The van der Waals surface area contributed by atoms with Gasteiger partial charge in [0.05, 0.1) is 30.9 Å². The second-order valence-electron chi connectivity index (χ2n) is 6.71. The van der Waals surface area contributed by atoms with Crippen LogP contribution in [0, 0.1) is 0 Å². The van der Waals surface area contributed by atoms with Crippen molar-refractivity contribution in [3.8, 4) is 5.75 Å². The number of nitrogens with one attached hydrogen (secondary N) is 2. The van der Waals surface area contributed by atoms with Crippen LogP contribution in [0.5, 0.6) is 5.75 Å². The molecular formula is C19H22N5O7-. The Morgan fingerprint density at radius 1 is 1.06 bits per heavy atom. The highest BCUT2D eigenvalue weighted by Gasteiger charge is 2.45. The van der Waals surface area contributed by atoms with Gasteiger partial charge in [0.1, 0.15) is 18.4 Å². The van der Waals surface area contributed by atoms with Gasteiger partial charge in [-0.05, 0) is 25.1 Å². The van der Waals surface area contributed by atoms with Crippen LogP contribution >= 0.6 is 0 Å². The predicted octanol–water partition coefficient (Wildman–Crippen LogP) is 0.0260. The topological polar surface area (TPSA) is 158 Å². The summed E-state index contributed by atoms with van der Waals surface area (Å²) in [4.78, 5) is 50.1. The van der Waals surface area contributed by atoms with Gasteiger partial charge in [0.2, 0.25) is 11.8 Å². The van der Waals surface area contributed by atoms with Crippen molar-refractivity contribution in [3.05, 3.63) is 34.9 Å². The second kappa shape index (κ2) is 10.6. The van der Waals surface area contributed by atoms with Crippen molar-refractivity contribution in [1.29, 1.82) is 0 Å². The Labute approximate surface area is 177 Å². The Morgan fingerprint density at radius 2 is 1.81 bits per heavy atom. The first-order chi connectivity index (χ1) is 15.0. The zero-order chi connectivity index (χ0) is 22.2. The van der Waals surface area contributed by atoms with Crippen LogP contribution in [0.15, 0.2) is 23.4 Å². The monoisotopic (exact) mass is 432 g/mol. The molecule has 0 radical (unpaired) electrons. The maximum atomic E-state index is 12.9. The Morgan fingerprint density at radius 3 is 2.55 bits per heavy atom. The maximum Gasteiger partial charge on any atom is 0.266 e. The van der Waals surface area contributed by atoms with Gasteiger partial charge in [0, 0.05) is 13.0 Å². The highest BCUT2D eigenvalue weighted by atomic mass is 16.5. The molecule has 1 aromatic rings. The fraction of sp³-hybridized carbons (Fsp3) is 0.474. The van der Waals surface area contributed by atoms with E-state index in [0.29, 0.717) is 26.4 Å². The molecule has 3 rings (SSSR count). The van der Waals surface area contributed by atoms with Gasteiger partial charge in [-0.2, -0.15) is 0 Å². The van der Waals surface area contributed by atoms with Crippen LogP contribution in [0.3, 0.4) is 0 Å². The van der Waals surface area contributed by atoms with Crippen LogP contribution < -0.4 is 15.5 Å². The first kappa shape index (κ1) is 22.3. The highest BCUT2D eigenvalue weighted by molar-refractivity contribution is 6.24. The van der Waals surface area contributed by atoms with Crippen molar-refractivity contribution >= 4 is 23.6 Å². The lowest BCUT2D eigenvalue weighted by atomic mass is 10.0. The lowest BCUT2D eigenvalue weighted by Gasteiger charge is -2.27. The third kappa shape index (κ3) is 5.22. The number of nitrogens with zero attached hydrogens (tertiary/aromatic N) is 3. The van der Waals surface area contributed by atoms with Gasteiger partial charge in [-0.25, -0.2) is 0 Å². The molecule has 0 saturated carbocycles. The number of imide groups is 2. The van der Waals surface area contributed by atoms with Crippen LogP contribution in [0.1, 0.15) is 33.6 Å². The summed E-state index contributed by atoms with van der Waals surface area (Å²) >= 11 is 0. The van der Waals surface area contributed by atoms with E-state index >= 15 is 0 Å². The van der Waals surface area contributed by atoms with Crippen LogP contribution in [0.4, 0.5) is 0 Å². The highest BCUT2D eigenvalue weighted by Crippen LogP contribution is 2.33. The van der Waals surface area contributed by atoms with Gasteiger partial charge < -0.3 is 25.2 Å². The van der Waals surface area contributed by atoms with E-state index in [0.717, 1.165) is 4.90 Å². The Hall–Kier alpha value is -3.38. The number of hydrogen-bond donors (Lipinski definition) is 2. The van der Waals surface area contributed by atoms with Gasteiger partial charge in [-0.15, -0.1) is 0 Å². The zero-order valence-corrected chi connectivity index (χ0v) is 16.7. The predicted molar refractivity (Wildman–Crippen MR) is 104 cm³/mol. The number of benzene rings is 1. The Kier molecular flexibility index (Phi) is 7.62. The number of amides is 4. The second-order valence-corrected chi connectivity index (χ2v) is 6.71. The van der Waals surface area contributed by atoms with Gasteiger partial charge in [0.25, 0.3) is 11.8 Å². The molecule has 31 heavy (non-hydrogen) atoms. The fourth-order valence-corrected chi connectivity index (χ4v) is 3.30. The van der Waals surface area contributed by atoms with Gasteiger partial charge in [0.15, 0.2) is 0 Å². The normalized spacial score (nSPS) is 18.1. The quantitative estimate of drug-likeness (QED) is 0.203. The first-order valence-corrected chi connectivity index (χ1v) is 9.74. The van der Waals surface area contributed by atoms with Gasteiger partial charge >= 0.3 is 0 Å². The fourth-order valence-electron chi connectivity index (χ4n) is 3.30. The molecule has 2 heterocycles. The van der Waals surface area contributed by atoms with Crippen LogP contribution in [0.25, 0.3) is 5.53 Å². The summed E-state index contributed by atoms with van der Waals surface area (Å²) in [5.41, 5.74) is 10.8. The standard InChI is InChI=1S/C19H22N5O7/c20-23-21-6-7-29-8-9-30-10-11-31-14-3-1-2-12-16(14)19(28)24(18(12)27)13-4-5-15(25)22-17(13)26/h1-3,13H,4-11H2,(H2-,20,21,22,25,26)/q-1. The lowest BCUT2D eigenvalue weighted by molar-refractivity contribution is -0.136. The number of rotatable bonds is 12. The average molecular weight is 432 g/mol. The van der Waals surface area contributed by atoms with Gasteiger partial charge in [-0.1, -0.05) is 6.07 Å². The zero-order valence-electron chi connectivity index (χ0n) is 16.7. The molecule has 2 aliphatic rings. The molecule has 1 saturated heterocycles. The van der Waals surface area contributed by atoms with Crippen molar-refractivity contribution in [2.45, 2.75) is 18.9 Å². The Balaban J connectivity index is 1.52. The molecular weight excluding hydrogens is 410 g/mol. The largest absolute Gasteiger partial charge is 0.490 e. The summed E-state index contributed by atoms with van der Waals surface area (Å²) in [6, 6.07) is 3.64. The molecule has 166 valence electrons. The summed E-state index contributed by atoms with van der Waals surface area (Å²) in [7, 11) is 0. The minimum atomic E-state index is -1.03. The van der Waals surface area contributed by atoms with Crippen LogP contribution in [-0.2, 0) is 19.1 Å². The van der Waals surface area contributed by atoms with E-state index in [1.54, 1.807) is 12.1 Å². The summed E-state index contributed by atoms with van der Waals surface area (Å²) in [6.45, 7) is 1.79. The summed E-state index contributed by atoms with van der Waals surface area (Å²) in [6.07, 6.45) is 0.147. The molecule has 0 aliphatic carbocycles. The molecule has 1 atom stereocenters. The molecule has 0 bridgehead atoms. The van der Waals surface area contributed by atoms with Crippen molar-refractivity contribution in [2.24, 2.45) is 5.22 Å². The Bertz CT molecular complexity index is 875. The number of ether oxygens (including phenoxy) is 3. The molecule has 1 fully saturated rings. The van der Waals surface area contributed by atoms with Crippen molar-refractivity contribution in [2.75, 3.05) is 39.6 Å². The SMILES string of the molecule is [N-]=NNCCOCCOCCOc1cccc2c1C(=O)N(C1CCC(=O)NC1=O)C2=O. The van der Waals surface area contributed by atoms with Gasteiger partial charge in [-0.3, -0.25) is 34.6 Å². The van der Waals surface area contributed by atoms with E-state index in [9.17, 15) is 19.2 Å². The molecule has 4 amide bonds. The summed E-state index contributed by atoms with van der Waals surface area (Å²) in [5, 5.41) is 4.90. The van der Waals surface area contributed by atoms with E-state index in [1.165, 1.54) is 6.07 Å². The molecule has 12 heteroatoms. The van der Waals surface area contributed by atoms with Crippen LogP contribution in [0.2, 0.25) is 0 Å². The van der Waals surface area contributed by atoms with E-state index in [-0.39, 0.29) is 42.9 Å². The van der Waals surface area contributed by atoms with E-state index in [1.807, 2.05) is 0 Å². The third-order valence-corrected chi connectivity index (χ3v) is 4.72. The third-order valence-electron chi connectivity index (χ3n) is 4.72. The van der Waals surface area contributed by atoms with Crippen molar-refractivity contribution < 1.29 is 33.4 Å². The van der Waals surface area contributed by atoms with Crippen molar-refractivity contribution in [3.63, 3.8) is 0 Å². The number of piperidine rings is 1. The summed E-state index contributed by atoms with van der Waals surface area (Å²) in [5.74, 6) is -2.07. The smallest absolute Gasteiger partial charge is 0.266 e. The van der Waals surface area contributed by atoms with E-state index in [4.69, 9.17) is 19.7 Å². The molecule has 1 aromatic carbocycles. The maximum absolute atomic E-state index is 12.9. The minimum absolute atomic E-state index is 0.0570. The minimum Gasteiger partial charge on any atom is -0.490 e. The molecule has 0 aromatic heterocycles. The van der Waals surface area contributed by atoms with E-state index < -0.39 is 29.7 Å². The molecule has 2 aliphatic heterocycles. The lowest BCUT2D eigenvalue weighted by Crippen LogP contribution is -2.54. The first-order valence-electron chi connectivity index (χ1n) is 9.74. The number of hydrogen-bond acceptors (Lipinski definition) is 8. The molecule has 2 N–H and O–H groups in total. The van der Waals surface area contributed by atoms with E-state index in [2.05, 4.69) is 16.0 Å². The number of carbonyl (C=O) groups is 4. The van der Waals surface area contributed by atoms with Crippen molar-refractivity contribution in [1.82, 2.24) is 15.6 Å². The molecule has 1 unspecified atom stereocenters. The average Bonchev–Trinajstić information content (AvgIpc) is 3.01. The molecule has 0 spiro atoms.